The van der Waals surface area contributed by atoms with Crippen molar-refractivity contribution >= 4 is 12.6 Å². The molecule has 0 unspecified atom stereocenters. The zero-order valence-corrected chi connectivity index (χ0v) is 7.26. The molecule has 0 amide bonds. The molecular formula is C9H12OS. The van der Waals surface area contributed by atoms with Crippen molar-refractivity contribution in [3.63, 3.8) is 0 Å². The predicted octanol–water partition coefficient (Wildman–Crippen LogP) is 2.13. The maximum Gasteiger partial charge on any atom is 0.0892 e. The van der Waals surface area contributed by atoms with Gasteiger partial charge in [0.25, 0.3) is 0 Å². The summed E-state index contributed by atoms with van der Waals surface area (Å²) in [4.78, 5) is 0. The molecule has 11 heavy (non-hydrogen) atoms. The minimum atomic E-state index is 0.507. The van der Waals surface area contributed by atoms with Gasteiger partial charge in [0.05, 0.1) is 12.5 Å². The fourth-order valence-electron chi connectivity index (χ4n) is 0.899. The smallest absolute Gasteiger partial charge is 0.0892 e. The largest absolute Gasteiger partial charge is 0.371 e. The average Bonchev–Trinajstić information content (AvgIpc) is 2.07. The average molecular weight is 168 g/mol. The Hall–Kier alpha value is -0.470. The Kier molecular flexibility index (Phi) is 4.09. The lowest BCUT2D eigenvalue weighted by atomic mass is 10.2. The fourth-order valence-corrected chi connectivity index (χ4v) is 1.03. The lowest BCUT2D eigenvalue weighted by Crippen LogP contribution is -1.95. The molecule has 0 aliphatic carbocycles. The molecule has 0 bridgehead atoms. The van der Waals surface area contributed by atoms with Crippen LogP contribution in [0.3, 0.4) is 0 Å². The van der Waals surface area contributed by atoms with Crippen LogP contribution in [0, 0.1) is 0 Å². The molecule has 0 N–H and O–H groups in total. The van der Waals surface area contributed by atoms with Crippen LogP contribution in [0.15, 0.2) is 30.3 Å². The summed E-state index contributed by atoms with van der Waals surface area (Å²) in [6.45, 7) is 0.757. The van der Waals surface area contributed by atoms with Gasteiger partial charge in [-0.15, -0.1) is 0 Å². The van der Waals surface area contributed by atoms with E-state index in [0.717, 1.165) is 13.0 Å². The summed E-state index contributed by atoms with van der Waals surface area (Å²) in [6.07, 6.45) is 0.974. The normalized spacial score (nSPS) is 9.91. The highest BCUT2D eigenvalue weighted by Gasteiger charge is 1.89. The van der Waals surface area contributed by atoms with Crippen molar-refractivity contribution in [2.45, 2.75) is 6.42 Å². The zero-order chi connectivity index (χ0) is 7.94. The van der Waals surface area contributed by atoms with Crippen molar-refractivity contribution in [1.29, 1.82) is 0 Å². The van der Waals surface area contributed by atoms with Crippen molar-refractivity contribution in [1.82, 2.24) is 0 Å². The molecule has 0 radical (unpaired) electrons. The number of ether oxygens (including phenoxy) is 1. The Morgan fingerprint density at radius 3 is 2.55 bits per heavy atom. The highest BCUT2D eigenvalue weighted by molar-refractivity contribution is 7.80. The van der Waals surface area contributed by atoms with Gasteiger partial charge < -0.3 is 4.74 Å². The van der Waals surface area contributed by atoms with Gasteiger partial charge in [0.2, 0.25) is 0 Å². The molecule has 0 saturated carbocycles. The first-order valence-electron chi connectivity index (χ1n) is 3.66. The van der Waals surface area contributed by atoms with Crippen molar-refractivity contribution in [2.75, 3.05) is 12.5 Å². The molecule has 60 valence electrons. The Labute approximate surface area is 72.8 Å². The third-order valence-corrected chi connectivity index (χ3v) is 1.65. The fraction of sp³-hybridized carbons (Fsp3) is 0.333. The van der Waals surface area contributed by atoms with Crippen molar-refractivity contribution < 1.29 is 4.74 Å². The molecule has 1 aromatic rings. The van der Waals surface area contributed by atoms with Gasteiger partial charge in [-0.05, 0) is 12.0 Å². The summed E-state index contributed by atoms with van der Waals surface area (Å²) < 4.78 is 5.10. The monoisotopic (exact) mass is 168 g/mol. The maximum absolute atomic E-state index is 5.10. The van der Waals surface area contributed by atoms with Crippen molar-refractivity contribution in [2.24, 2.45) is 0 Å². The molecule has 1 aromatic carbocycles. The van der Waals surface area contributed by atoms with Crippen LogP contribution in [0.25, 0.3) is 0 Å². The summed E-state index contributed by atoms with van der Waals surface area (Å²) in [7, 11) is 0. The Balaban J connectivity index is 2.28. The zero-order valence-electron chi connectivity index (χ0n) is 6.36. The molecule has 0 aliphatic heterocycles. The van der Waals surface area contributed by atoms with Crippen LogP contribution >= 0.6 is 12.6 Å². The van der Waals surface area contributed by atoms with E-state index >= 15 is 0 Å². The van der Waals surface area contributed by atoms with E-state index in [1.54, 1.807) is 0 Å². The van der Waals surface area contributed by atoms with Gasteiger partial charge in [0.15, 0.2) is 0 Å². The molecule has 1 nitrogen and oxygen atoms in total. The minimum Gasteiger partial charge on any atom is -0.371 e. The molecule has 2 heteroatoms. The van der Waals surface area contributed by atoms with E-state index < -0.39 is 0 Å². The molecular weight excluding hydrogens is 156 g/mol. The van der Waals surface area contributed by atoms with Crippen molar-refractivity contribution in [3.05, 3.63) is 35.9 Å². The van der Waals surface area contributed by atoms with Crippen LogP contribution in [-0.2, 0) is 11.2 Å². The summed E-state index contributed by atoms with van der Waals surface area (Å²) in [5, 5.41) is 0. The van der Waals surface area contributed by atoms with Crippen LogP contribution in [0.2, 0.25) is 0 Å². The van der Waals surface area contributed by atoms with Crippen molar-refractivity contribution in [3.8, 4) is 0 Å². The molecule has 0 atom stereocenters. The second kappa shape index (κ2) is 5.22. The van der Waals surface area contributed by atoms with Crippen LogP contribution in [-0.4, -0.2) is 12.5 Å². The van der Waals surface area contributed by atoms with E-state index in [1.807, 2.05) is 18.2 Å². The summed E-state index contributed by atoms with van der Waals surface area (Å²) >= 11 is 3.94. The first-order valence-corrected chi connectivity index (χ1v) is 4.29. The molecule has 0 spiro atoms. The molecule has 0 aromatic heterocycles. The second-order valence-corrected chi connectivity index (χ2v) is 2.53. The van der Waals surface area contributed by atoms with Gasteiger partial charge >= 0.3 is 0 Å². The summed E-state index contributed by atoms with van der Waals surface area (Å²) in [5.41, 5.74) is 1.31. The van der Waals surface area contributed by atoms with E-state index in [4.69, 9.17) is 4.74 Å². The van der Waals surface area contributed by atoms with Crippen LogP contribution < -0.4 is 0 Å². The Morgan fingerprint density at radius 2 is 1.91 bits per heavy atom. The van der Waals surface area contributed by atoms with Crippen LogP contribution in [0.1, 0.15) is 5.56 Å². The van der Waals surface area contributed by atoms with Crippen LogP contribution in [0.5, 0.6) is 0 Å². The Bertz CT molecular complexity index is 186. The van der Waals surface area contributed by atoms with Gasteiger partial charge in [-0.25, -0.2) is 0 Å². The van der Waals surface area contributed by atoms with Gasteiger partial charge in [-0.1, -0.05) is 30.3 Å². The SMILES string of the molecule is SCOCCc1ccccc1. The van der Waals surface area contributed by atoms with E-state index in [-0.39, 0.29) is 0 Å². The van der Waals surface area contributed by atoms with Gasteiger partial charge in [0, 0.05) is 0 Å². The van der Waals surface area contributed by atoms with Crippen LogP contribution in [0.4, 0.5) is 0 Å². The molecule has 0 fully saturated rings. The molecule has 0 heterocycles. The topological polar surface area (TPSA) is 9.23 Å². The predicted molar refractivity (Wildman–Crippen MR) is 50.0 cm³/mol. The summed E-state index contributed by atoms with van der Waals surface area (Å²) in [5.74, 6) is 0.507. The number of thiol groups is 1. The van der Waals surface area contributed by atoms with Gasteiger partial charge in [0.1, 0.15) is 0 Å². The van der Waals surface area contributed by atoms with E-state index in [2.05, 4.69) is 24.8 Å². The standard InChI is InChI=1S/C9H12OS/c11-8-10-7-6-9-4-2-1-3-5-9/h1-5,11H,6-8H2. The number of hydrogen-bond donors (Lipinski definition) is 1. The first kappa shape index (κ1) is 8.62. The Morgan fingerprint density at radius 1 is 1.18 bits per heavy atom. The lowest BCUT2D eigenvalue weighted by Gasteiger charge is -1.99. The van der Waals surface area contributed by atoms with E-state index in [1.165, 1.54) is 5.56 Å². The molecule has 0 aliphatic rings. The number of hydrogen-bond acceptors (Lipinski definition) is 2. The summed E-state index contributed by atoms with van der Waals surface area (Å²) in [6, 6.07) is 10.3. The third kappa shape index (κ3) is 3.44. The lowest BCUT2D eigenvalue weighted by molar-refractivity contribution is 0.187. The van der Waals surface area contributed by atoms with Gasteiger partial charge in [-0.3, -0.25) is 0 Å². The van der Waals surface area contributed by atoms with Gasteiger partial charge in [-0.2, -0.15) is 12.6 Å². The number of benzene rings is 1. The highest BCUT2D eigenvalue weighted by Crippen LogP contribution is 1.99. The highest BCUT2D eigenvalue weighted by atomic mass is 32.1. The number of rotatable bonds is 4. The second-order valence-electron chi connectivity index (χ2n) is 2.27. The maximum atomic E-state index is 5.10. The first-order chi connectivity index (χ1) is 5.43. The molecule has 0 saturated heterocycles. The van der Waals surface area contributed by atoms with E-state index in [9.17, 15) is 0 Å². The third-order valence-electron chi connectivity index (χ3n) is 1.47. The quantitative estimate of drug-likeness (QED) is 0.411. The van der Waals surface area contributed by atoms with E-state index in [0.29, 0.717) is 5.94 Å². The molecule has 1 rings (SSSR count). The minimum absolute atomic E-state index is 0.507.